The summed E-state index contributed by atoms with van der Waals surface area (Å²) in [6, 6.07) is 6.41. The highest BCUT2D eigenvalue weighted by Crippen LogP contribution is 2.26. The predicted molar refractivity (Wildman–Crippen MR) is 88.9 cm³/mol. The Kier molecular flexibility index (Phi) is 8.05. The van der Waals surface area contributed by atoms with E-state index in [4.69, 9.17) is 11.6 Å². The zero-order valence-corrected chi connectivity index (χ0v) is 14.5. The minimum Gasteiger partial charge on any atom is -0.310 e. The maximum atomic E-state index is 6.29. The van der Waals surface area contributed by atoms with Crippen LogP contribution in [0.3, 0.4) is 0 Å². The van der Waals surface area contributed by atoms with Crippen molar-refractivity contribution in [2.24, 2.45) is 5.92 Å². The molecule has 0 aliphatic heterocycles. The van der Waals surface area contributed by atoms with Gasteiger partial charge in [-0.05, 0) is 43.5 Å². The Bertz CT molecular complexity index is 381. The number of hydrogen-bond acceptors (Lipinski definition) is 1. The number of benzene rings is 1. The summed E-state index contributed by atoms with van der Waals surface area (Å²) in [6.07, 6.45) is 5.17. The predicted octanol–water partition coefficient (Wildman–Crippen LogP) is 5.97. The van der Waals surface area contributed by atoms with Crippen molar-refractivity contribution in [2.45, 2.75) is 52.5 Å². The van der Waals surface area contributed by atoms with Gasteiger partial charge in [0.05, 0.1) is 0 Å². The third-order valence-electron chi connectivity index (χ3n) is 3.68. The Labute approximate surface area is 131 Å². The molecule has 108 valence electrons. The molecule has 2 unspecified atom stereocenters. The average molecular weight is 347 g/mol. The van der Waals surface area contributed by atoms with Crippen LogP contribution in [0.2, 0.25) is 5.02 Å². The fourth-order valence-electron chi connectivity index (χ4n) is 2.25. The fourth-order valence-corrected chi connectivity index (χ4v) is 3.09. The van der Waals surface area contributed by atoms with E-state index in [-0.39, 0.29) is 0 Å². The number of nitrogens with one attached hydrogen (secondary N) is 1. The second-order valence-corrected chi connectivity index (χ2v) is 6.54. The molecule has 0 heterocycles. The molecule has 1 aromatic rings. The van der Waals surface area contributed by atoms with Crippen LogP contribution in [-0.2, 0) is 0 Å². The third-order valence-corrected chi connectivity index (χ3v) is 4.51. The second-order valence-electron chi connectivity index (χ2n) is 5.21. The van der Waals surface area contributed by atoms with Crippen molar-refractivity contribution in [3.8, 4) is 0 Å². The van der Waals surface area contributed by atoms with E-state index in [9.17, 15) is 0 Å². The van der Waals surface area contributed by atoms with Crippen molar-refractivity contribution in [3.63, 3.8) is 0 Å². The molecule has 0 spiro atoms. The first-order valence-corrected chi connectivity index (χ1v) is 8.43. The summed E-state index contributed by atoms with van der Waals surface area (Å²) in [5.74, 6) is 0.775. The lowest BCUT2D eigenvalue weighted by molar-refractivity contribution is 0.398. The molecule has 0 saturated carbocycles. The quantitative estimate of drug-likeness (QED) is 0.611. The number of unbranched alkanes of at least 4 members (excludes halogenated alkanes) is 1. The van der Waals surface area contributed by atoms with Crippen LogP contribution in [0.5, 0.6) is 0 Å². The Hall–Kier alpha value is -0.0500. The summed E-state index contributed by atoms with van der Waals surface area (Å²) in [4.78, 5) is 0. The number of halogens is 2. The SMILES string of the molecule is CCCCC(CC)CNC(C)c1ccc(Br)cc1Cl. The van der Waals surface area contributed by atoms with Gasteiger partial charge >= 0.3 is 0 Å². The van der Waals surface area contributed by atoms with Gasteiger partial charge in [-0.2, -0.15) is 0 Å². The zero-order chi connectivity index (χ0) is 14.3. The molecular weight excluding hydrogens is 322 g/mol. The molecule has 0 aromatic heterocycles. The van der Waals surface area contributed by atoms with Crippen molar-refractivity contribution >= 4 is 27.5 Å². The lowest BCUT2D eigenvalue weighted by atomic mass is 9.98. The average Bonchev–Trinajstić information content (AvgIpc) is 2.38. The molecule has 1 nitrogen and oxygen atoms in total. The van der Waals surface area contributed by atoms with Gasteiger partial charge in [-0.15, -0.1) is 0 Å². The summed E-state index contributed by atoms with van der Waals surface area (Å²) in [6.45, 7) is 7.79. The number of hydrogen-bond donors (Lipinski definition) is 1. The topological polar surface area (TPSA) is 12.0 Å². The van der Waals surface area contributed by atoms with Gasteiger partial charge in [-0.3, -0.25) is 0 Å². The van der Waals surface area contributed by atoms with E-state index in [2.05, 4.69) is 48.1 Å². The number of rotatable bonds is 8. The van der Waals surface area contributed by atoms with Gasteiger partial charge in [0, 0.05) is 15.5 Å². The van der Waals surface area contributed by atoms with Crippen LogP contribution in [0.4, 0.5) is 0 Å². The molecule has 1 rings (SSSR count). The van der Waals surface area contributed by atoms with E-state index in [0.717, 1.165) is 22.0 Å². The lowest BCUT2D eigenvalue weighted by Gasteiger charge is -2.20. The molecule has 0 aliphatic rings. The molecule has 19 heavy (non-hydrogen) atoms. The van der Waals surface area contributed by atoms with Crippen molar-refractivity contribution in [1.29, 1.82) is 0 Å². The normalized spacial score (nSPS) is 14.4. The van der Waals surface area contributed by atoms with Crippen LogP contribution in [0.1, 0.15) is 58.1 Å². The fraction of sp³-hybridized carbons (Fsp3) is 0.625. The summed E-state index contributed by atoms with van der Waals surface area (Å²) >= 11 is 9.73. The minimum atomic E-state index is 0.302. The minimum absolute atomic E-state index is 0.302. The van der Waals surface area contributed by atoms with Gasteiger partial charge in [0.2, 0.25) is 0 Å². The molecular formula is C16H25BrClN. The van der Waals surface area contributed by atoms with Crippen LogP contribution in [0.25, 0.3) is 0 Å². The second kappa shape index (κ2) is 8.99. The van der Waals surface area contributed by atoms with Gasteiger partial charge in [0.1, 0.15) is 0 Å². The first-order chi connectivity index (χ1) is 9.08. The molecule has 0 amide bonds. The molecule has 3 heteroatoms. The van der Waals surface area contributed by atoms with Crippen LogP contribution in [0.15, 0.2) is 22.7 Å². The molecule has 0 saturated heterocycles. The summed E-state index contributed by atoms with van der Waals surface area (Å²) < 4.78 is 1.03. The molecule has 0 fully saturated rings. The molecule has 0 bridgehead atoms. The van der Waals surface area contributed by atoms with E-state index in [1.54, 1.807) is 0 Å². The van der Waals surface area contributed by atoms with Gasteiger partial charge in [-0.25, -0.2) is 0 Å². The van der Waals surface area contributed by atoms with Crippen molar-refractivity contribution < 1.29 is 0 Å². The molecule has 0 aliphatic carbocycles. The maximum Gasteiger partial charge on any atom is 0.0464 e. The maximum absolute atomic E-state index is 6.29. The summed E-state index contributed by atoms with van der Waals surface area (Å²) in [7, 11) is 0. The van der Waals surface area contributed by atoms with Crippen LogP contribution >= 0.6 is 27.5 Å². The van der Waals surface area contributed by atoms with Gasteiger partial charge in [0.15, 0.2) is 0 Å². The van der Waals surface area contributed by atoms with Gasteiger partial charge in [0.25, 0.3) is 0 Å². The standard InChI is InChI=1S/C16H25BrClN/c1-4-6-7-13(5-2)11-19-12(3)15-9-8-14(17)10-16(15)18/h8-10,12-13,19H,4-7,11H2,1-3H3. The van der Waals surface area contributed by atoms with E-state index < -0.39 is 0 Å². The molecule has 1 N–H and O–H groups in total. The summed E-state index contributed by atoms with van der Waals surface area (Å²) in [5, 5.41) is 4.45. The first-order valence-electron chi connectivity index (χ1n) is 7.26. The lowest BCUT2D eigenvalue weighted by Crippen LogP contribution is -2.25. The first kappa shape index (κ1) is 17.0. The van der Waals surface area contributed by atoms with E-state index in [1.807, 2.05) is 12.1 Å². The van der Waals surface area contributed by atoms with Crippen LogP contribution in [0, 0.1) is 5.92 Å². The Morgan fingerprint density at radius 1 is 1.32 bits per heavy atom. The van der Waals surface area contributed by atoms with Crippen molar-refractivity contribution in [3.05, 3.63) is 33.3 Å². The molecule has 2 atom stereocenters. The van der Waals surface area contributed by atoms with Crippen molar-refractivity contribution in [1.82, 2.24) is 5.32 Å². The largest absolute Gasteiger partial charge is 0.310 e. The molecule has 0 radical (unpaired) electrons. The zero-order valence-electron chi connectivity index (χ0n) is 12.2. The highest BCUT2D eigenvalue weighted by Gasteiger charge is 2.12. The third kappa shape index (κ3) is 5.85. The van der Waals surface area contributed by atoms with Gasteiger partial charge < -0.3 is 5.32 Å². The highest BCUT2D eigenvalue weighted by atomic mass is 79.9. The van der Waals surface area contributed by atoms with Gasteiger partial charge in [-0.1, -0.05) is 66.7 Å². The van der Waals surface area contributed by atoms with E-state index in [0.29, 0.717) is 6.04 Å². The highest BCUT2D eigenvalue weighted by molar-refractivity contribution is 9.10. The van der Waals surface area contributed by atoms with Crippen molar-refractivity contribution in [2.75, 3.05) is 6.54 Å². The van der Waals surface area contributed by atoms with Crippen LogP contribution in [-0.4, -0.2) is 6.54 Å². The van der Waals surface area contributed by atoms with Crippen LogP contribution < -0.4 is 5.32 Å². The molecule has 1 aromatic carbocycles. The van der Waals surface area contributed by atoms with E-state index in [1.165, 1.54) is 31.2 Å². The Balaban J connectivity index is 2.51. The smallest absolute Gasteiger partial charge is 0.0464 e. The monoisotopic (exact) mass is 345 g/mol. The van der Waals surface area contributed by atoms with E-state index >= 15 is 0 Å². The Morgan fingerprint density at radius 3 is 2.63 bits per heavy atom. The Morgan fingerprint density at radius 2 is 2.05 bits per heavy atom. The summed E-state index contributed by atoms with van der Waals surface area (Å²) in [5.41, 5.74) is 1.18.